The number of rotatable bonds is 7. The second kappa shape index (κ2) is 11.3. The van der Waals surface area contributed by atoms with Crippen molar-refractivity contribution in [1.82, 2.24) is 9.99 Å². The van der Waals surface area contributed by atoms with E-state index >= 15 is 0 Å². The molecule has 0 radical (unpaired) electrons. The average molecular weight is 516 g/mol. The van der Waals surface area contributed by atoms with Gasteiger partial charge in [-0.2, -0.15) is 5.10 Å². The number of carbonyl (C=O) groups is 2. The Kier molecular flexibility index (Phi) is 7.32. The van der Waals surface area contributed by atoms with E-state index in [4.69, 9.17) is 4.74 Å². The van der Waals surface area contributed by atoms with E-state index in [0.717, 1.165) is 33.8 Å². The van der Waals surface area contributed by atoms with Crippen LogP contribution in [0.1, 0.15) is 26.3 Å². The first-order valence-electron chi connectivity index (χ1n) is 12.2. The molecular formula is C32H25N3O4. The monoisotopic (exact) mass is 515 g/mol. The number of phenolic OH excluding ortho intramolecular Hbond substituents is 1. The minimum absolute atomic E-state index is 0.000732. The van der Waals surface area contributed by atoms with Crippen molar-refractivity contribution >= 4 is 18.1 Å². The molecule has 1 heterocycles. The summed E-state index contributed by atoms with van der Waals surface area (Å²) in [5.74, 6) is -0.846. The SMILES string of the molecule is COC(=O)c1ccc(-n2c(-c3ccccc3)cc(/C=N/NC(=O)c3cccc(O)c3)c2-c2ccccc2)cc1. The van der Waals surface area contributed by atoms with E-state index in [1.165, 1.54) is 19.2 Å². The van der Waals surface area contributed by atoms with Gasteiger partial charge in [0, 0.05) is 16.8 Å². The number of nitrogens with zero attached hydrogens (tertiary/aromatic N) is 2. The lowest BCUT2D eigenvalue weighted by Crippen LogP contribution is -2.17. The highest BCUT2D eigenvalue weighted by Crippen LogP contribution is 2.35. The number of carbonyl (C=O) groups excluding carboxylic acids is 2. The Labute approximate surface area is 225 Å². The molecule has 39 heavy (non-hydrogen) atoms. The number of aromatic nitrogens is 1. The molecular weight excluding hydrogens is 490 g/mol. The van der Waals surface area contributed by atoms with Gasteiger partial charge >= 0.3 is 5.97 Å². The number of hydrogen-bond donors (Lipinski definition) is 2. The van der Waals surface area contributed by atoms with Gasteiger partial charge in [0.2, 0.25) is 0 Å². The van der Waals surface area contributed by atoms with E-state index in [-0.39, 0.29) is 5.75 Å². The van der Waals surface area contributed by atoms with Crippen LogP contribution in [0.5, 0.6) is 5.75 Å². The molecule has 1 aromatic heterocycles. The number of methoxy groups -OCH3 is 1. The van der Waals surface area contributed by atoms with Gasteiger partial charge in [0.1, 0.15) is 5.75 Å². The fraction of sp³-hybridized carbons (Fsp3) is 0.0312. The Balaban J connectivity index is 1.63. The van der Waals surface area contributed by atoms with Gasteiger partial charge in [0.15, 0.2) is 0 Å². The summed E-state index contributed by atoms with van der Waals surface area (Å²) < 4.78 is 6.96. The Morgan fingerprint density at radius 1 is 0.795 bits per heavy atom. The van der Waals surface area contributed by atoms with E-state index in [9.17, 15) is 14.7 Å². The molecule has 7 nitrogen and oxygen atoms in total. The van der Waals surface area contributed by atoms with Crippen LogP contribution in [-0.4, -0.2) is 34.9 Å². The second-order valence-electron chi connectivity index (χ2n) is 8.69. The van der Waals surface area contributed by atoms with Gasteiger partial charge in [-0.05, 0) is 59.7 Å². The van der Waals surface area contributed by atoms with Crippen LogP contribution in [0.25, 0.3) is 28.2 Å². The standard InChI is InChI=1S/C32H25N3O4/c1-39-32(38)24-15-17-27(18-16-24)35-29(22-9-4-2-5-10-22)20-26(30(35)23-11-6-3-7-12-23)21-33-34-31(37)25-13-8-14-28(36)19-25/h2-21,36H,1H3,(H,34,37)/b33-21+. The van der Waals surface area contributed by atoms with Crippen LogP contribution >= 0.6 is 0 Å². The fourth-order valence-corrected chi connectivity index (χ4v) is 4.35. The van der Waals surface area contributed by atoms with E-state index in [2.05, 4.69) is 15.1 Å². The molecule has 4 aromatic carbocycles. The first-order valence-corrected chi connectivity index (χ1v) is 12.2. The summed E-state index contributed by atoms with van der Waals surface area (Å²) >= 11 is 0. The number of aromatic hydroxyl groups is 1. The van der Waals surface area contributed by atoms with Crippen molar-refractivity contribution in [3.05, 3.63) is 132 Å². The van der Waals surface area contributed by atoms with Gasteiger partial charge in [-0.25, -0.2) is 10.2 Å². The highest BCUT2D eigenvalue weighted by molar-refractivity contribution is 5.97. The van der Waals surface area contributed by atoms with E-state index in [1.807, 2.05) is 78.9 Å². The first-order chi connectivity index (χ1) is 19.0. The number of hydrazone groups is 1. The molecule has 0 spiro atoms. The Hall–Kier alpha value is -5.43. The van der Waals surface area contributed by atoms with Gasteiger partial charge in [-0.1, -0.05) is 66.7 Å². The zero-order valence-corrected chi connectivity index (χ0v) is 21.1. The molecule has 192 valence electrons. The van der Waals surface area contributed by atoms with E-state index in [1.54, 1.807) is 30.5 Å². The van der Waals surface area contributed by atoms with Crippen molar-refractivity contribution in [1.29, 1.82) is 0 Å². The number of hydrogen-bond acceptors (Lipinski definition) is 5. The number of phenols is 1. The summed E-state index contributed by atoms with van der Waals surface area (Å²) in [6.07, 6.45) is 1.61. The summed E-state index contributed by atoms with van der Waals surface area (Å²) in [4.78, 5) is 24.6. The number of amides is 1. The molecule has 5 rings (SSSR count). The maximum absolute atomic E-state index is 12.6. The van der Waals surface area contributed by atoms with Crippen LogP contribution in [0.2, 0.25) is 0 Å². The third-order valence-electron chi connectivity index (χ3n) is 6.17. The van der Waals surface area contributed by atoms with Crippen molar-refractivity contribution in [2.24, 2.45) is 5.10 Å². The van der Waals surface area contributed by atoms with Gasteiger partial charge < -0.3 is 14.4 Å². The van der Waals surface area contributed by atoms with Crippen LogP contribution in [-0.2, 0) is 4.74 Å². The van der Waals surface area contributed by atoms with Crippen molar-refractivity contribution in [3.8, 4) is 34.0 Å². The average Bonchev–Trinajstić information content (AvgIpc) is 3.37. The molecule has 0 unspecified atom stereocenters. The van der Waals surface area contributed by atoms with Crippen LogP contribution in [0, 0.1) is 0 Å². The van der Waals surface area contributed by atoms with Crippen LogP contribution in [0.3, 0.4) is 0 Å². The van der Waals surface area contributed by atoms with Crippen molar-refractivity contribution in [3.63, 3.8) is 0 Å². The molecule has 1 amide bonds. The number of ether oxygens (including phenoxy) is 1. The Morgan fingerprint density at radius 3 is 2.10 bits per heavy atom. The predicted molar refractivity (Wildman–Crippen MR) is 151 cm³/mol. The molecule has 5 aromatic rings. The summed E-state index contributed by atoms with van der Waals surface area (Å²) in [6, 6.07) is 35.1. The Morgan fingerprint density at radius 2 is 1.46 bits per heavy atom. The molecule has 0 fully saturated rings. The van der Waals surface area contributed by atoms with Gasteiger partial charge in [-0.3, -0.25) is 4.79 Å². The molecule has 0 aliphatic heterocycles. The molecule has 7 heteroatoms. The molecule has 0 aliphatic carbocycles. The summed E-state index contributed by atoms with van der Waals surface area (Å²) in [7, 11) is 1.36. The van der Waals surface area contributed by atoms with Crippen molar-refractivity contribution in [2.45, 2.75) is 0 Å². The lowest BCUT2D eigenvalue weighted by Gasteiger charge is -2.15. The normalized spacial score (nSPS) is 10.9. The van der Waals surface area contributed by atoms with Crippen LogP contribution in [0.4, 0.5) is 0 Å². The topological polar surface area (TPSA) is 92.9 Å². The minimum atomic E-state index is -0.440. The lowest BCUT2D eigenvalue weighted by atomic mass is 10.1. The molecule has 0 atom stereocenters. The fourth-order valence-electron chi connectivity index (χ4n) is 4.35. The molecule has 0 aliphatic rings. The molecule has 2 N–H and O–H groups in total. The zero-order valence-electron chi connectivity index (χ0n) is 21.1. The third kappa shape index (κ3) is 5.47. The lowest BCUT2D eigenvalue weighted by molar-refractivity contribution is 0.0600. The number of nitrogens with one attached hydrogen (secondary N) is 1. The largest absolute Gasteiger partial charge is 0.508 e. The van der Waals surface area contributed by atoms with E-state index in [0.29, 0.717) is 11.1 Å². The van der Waals surface area contributed by atoms with Gasteiger partial charge in [-0.15, -0.1) is 0 Å². The third-order valence-corrected chi connectivity index (χ3v) is 6.17. The summed E-state index contributed by atoms with van der Waals surface area (Å²) in [5.41, 5.74) is 8.59. The number of esters is 1. The van der Waals surface area contributed by atoms with Crippen LogP contribution < -0.4 is 5.43 Å². The quantitative estimate of drug-likeness (QED) is 0.156. The van der Waals surface area contributed by atoms with Gasteiger partial charge in [0.25, 0.3) is 5.91 Å². The van der Waals surface area contributed by atoms with Crippen molar-refractivity contribution in [2.75, 3.05) is 7.11 Å². The molecule has 0 saturated heterocycles. The highest BCUT2D eigenvalue weighted by Gasteiger charge is 2.19. The predicted octanol–water partition coefficient (Wildman–Crippen LogP) is 6.07. The maximum atomic E-state index is 12.6. The maximum Gasteiger partial charge on any atom is 0.337 e. The molecule has 0 bridgehead atoms. The summed E-state index contributed by atoms with van der Waals surface area (Å²) in [5, 5.41) is 13.9. The smallest absolute Gasteiger partial charge is 0.337 e. The van der Waals surface area contributed by atoms with Gasteiger partial charge in [0.05, 0.1) is 30.3 Å². The Bertz CT molecular complexity index is 1640. The molecule has 0 saturated carbocycles. The summed E-state index contributed by atoms with van der Waals surface area (Å²) in [6.45, 7) is 0. The van der Waals surface area contributed by atoms with Crippen LogP contribution in [0.15, 0.2) is 120 Å². The number of benzene rings is 4. The first kappa shape index (κ1) is 25.2. The van der Waals surface area contributed by atoms with E-state index < -0.39 is 11.9 Å². The highest BCUT2D eigenvalue weighted by atomic mass is 16.5. The van der Waals surface area contributed by atoms with Crippen molar-refractivity contribution < 1.29 is 19.4 Å². The second-order valence-corrected chi connectivity index (χ2v) is 8.69. The minimum Gasteiger partial charge on any atom is -0.508 e. The zero-order chi connectivity index (χ0) is 27.2.